The summed E-state index contributed by atoms with van der Waals surface area (Å²) in [4.78, 5) is 39.6. The number of hydrogen-bond donors (Lipinski definition) is 2. The molecule has 2 N–H and O–H groups in total. The van der Waals surface area contributed by atoms with Crippen LogP contribution in [0.4, 0.5) is 14.9 Å². The molecule has 0 unspecified atom stereocenters. The van der Waals surface area contributed by atoms with Gasteiger partial charge in [-0.05, 0) is 68.4 Å². The van der Waals surface area contributed by atoms with Crippen molar-refractivity contribution in [3.8, 4) is 0 Å². The van der Waals surface area contributed by atoms with E-state index in [0.29, 0.717) is 43.3 Å². The number of carbonyl (C=O) groups excluding carboxylic acids is 3. The molecule has 186 valence electrons. The molecule has 7 nitrogen and oxygen atoms in total. The monoisotopic (exact) mass is 481 g/mol. The highest BCUT2D eigenvalue weighted by molar-refractivity contribution is 5.96. The molecule has 8 heteroatoms. The summed E-state index contributed by atoms with van der Waals surface area (Å²) in [5.74, 6) is -0.477. The minimum atomic E-state index is -0.456. The van der Waals surface area contributed by atoms with Crippen LogP contribution in [0.1, 0.15) is 42.1 Å². The molecule has 3 amide bonds. The quantitative estimate of drug-likeness (QED) is 0.610. The van der Waals surface area contributed by atoms with Gasteiger partial charge in [0.05, 0.1) is 12.5 Å². The third kappa shape index (κ3) is 6.66. The molecule has 35 heavy (non-hydrogen) atoms. The number of urea groups is 1. The van der Waals surface area contributed by atoms with Gasteiger partial charge in [0.2, 0.25) is 5.91 Å². The lowest BCUT2D eigenvalue weighted by Crippen LogP contribution is -2.54. The van der Waals surface area contributed by atoms with Crippen molar-refractivity contribution < 1.29 is 23.5 Å². The highest BCUT2D eigenvalue weighted by atomic mass is 19.1. The van der Waals surface area contributed by atoms with Crippen molar-refractivity contribution >= 4 is 23.4 Å². The normalized spacial score (nSPS) is 22.3. The van der Waals surface area contributed by atoms with Gasteiger partial charge in [-0.1, -0.05) is 24.3 Å². The number of nitrogens with one attached hydrogen (secondary N) is 2. The van der Waals surface area contributed by atoms with Gasteiger partial charge < -0.3 is 20.3 Å². The van der Waals surface area contributed by atoms with Crippen LogP contribution in [-0.4, -0.2) is 55.0 Å². The fourth-order valence-electron chi connectivity index (χ4n) is 4.93. The molecule has 4 rings (SSSR count). The Bertz CT molecular complexity index is 1060. The maximum absolute atomic E-state index is 13.5. The Morgan fingerprint density at radius 2 is 1.91 bits per heavy atom. The SMILES string of the molecule is CC(=O)c1cccc(NC(=O)N[C@@H]2CCOC[C@@H]2C(=O)N2CCC[C@@H](Cc3ccc(F)cc3)C2)c1. The predicted octanol–water partition coefficient (Wildman–Crippen LogP) is 4.04. The Morgan fingerprint density at radius 1 is 1.11 bits per heavy atom. The zero-order chi connectivity index (χ0) is 24.8. The summed E-state index contributed by atoms with van der Waals surface area (Å²) in [6.07, 6.45) is 3.28. The maximum Gasteiger partial charge on any atom is 0.319 e. The van der Waals surface area contributed by atoms with E-state index in [9.17, 15) is 18.8 Å². The average Bonchev–Trinajstić information content (AvgIpc) is 2.85. The fraction of sp³-hybridized carbons (Fsp3) is 0.444. The van der Waals surface area contributed by atoms with E-state index in [1.807, 2.05) is 4.90 Å². The number of rotatable bonds is 6. The highest BCUT2D eigenvalue weighted by Crippen LogP contribution is 2.25. The van der Waals surface area contributed by atoms with Crippen molar-refractivity contribution in [1.82, 2.24) is 10.2 Å². The molecule has 0 bridgehead atoms. The van der Waals surface area contributed by atoms with Gasteiger partial charge in [-0.15, -0.1) is 0 Å². The minimum absolute atomic E-state index is 0.00242. The van der Waals surface area contributed by atoms with Gasteiger partial charge in [-0.25, -0.2) is 9.18 Å². The van der Waals surface area contributed by atoms with Gasteiger partial charge in [0.15, 0.2) is 5.78 Å². The van der Waals surface area contributed by atoms with Crippen molar-refractivity contribution in [2.45, 2.75) is 38.6 Å². The summed E-state index contributed by atoms with van der Waals surface area (Å²) in [5.41, 5.74) is 2.10. The molecule has 0 spiro atoms. The van der Waals surface area contributed by atoms with Gasteiger partial charge >= 0.3 is 6.03 Å². The standard InChI is InChI=1S/C27H32FN3O4/c1-18(32)21-5-2-6-23(15-21)29-27(34)30-25-11-13-35-17-24(25)26(33)31-12-3-4-20(16-31)14-19-7-9-22(28)10-8-19/h2,5-10,15,20,24-25H,3-4,11-14,16-17H2,1H3,(H2,29,30,34)/t20-,24-,25+/m0/s1. The van der Waals surface area contributed by atoms with Gasteiger partial charge in [0, 0.05) is 37.0 Å². The highest BCUT2D eigenvalue weighted by Gasteiger charge is 2.37. The molecule has 0 radical (unpaired) electrons. The van der Waals surface area contributed by atoms with Crippen molar-refractivity contribution in [3.63, 3.8) is 0 Å². The van der Waals surface area contributed by atoms with Crippen LogP contribution >= 0.6 is 0 Å². The Morgan fingerprint density at radius 3 is 2.69 bits per heavy atom. The molecule has 2 saturated heterocycles. The Balaban J connectivity index is 1.36. The van der Waals surface area contributed by atoms with Crippen molar-refractivity contribution in [3.05, 3.63) is 65.5 Å². The number of anilines is 1. The largest absolute Gasteiger partial charge is 0.380 e. The van der Waals surface area contributed by atoms with Crippen molar-refractivity contribution in [2.75, 3.05) is 31.6 Å². The smallest absolute Gasteiger partial charge is 0.319 e. The first-order valence-corrected chi connectivity index (χ1v) is 12.2. The molecule has 2 aliphatic heterocycles. The minimum Gasteiger partial charge on any atom is -0.380 e. The van der Waals surface area contributed by atoms with Crippen LogP contribution in [0.5, 0.6) is 0 Å². The maximum atomic E-state index is 13.5. The first-order valence-electron chi connectivity index (χ1n) is 12.2. The van der Waals surface area contributed by atoms with E-state index < -0.39 is 11.9 Å². The fourth-order valence-corrected chi connectivity index (χ4v) is 4.93. The Kier molecular flexibility index (Phi) is 8.13. The molecule has 2 aromatic carbocycles. The van der Waals surface area contributed by atoms with Crippen LogP contribution in [-0.2, 0) is 16.0 Å². The van der Waals surface area contributed by atoms with Crippen LogP contribution in [0.3, 0.4) is 0 Å². The molecule has 2 aromatic rings. The van der Waals surface area contributed by atoms with Gasteiger partial charge in [0.1, 0.15) is 5.82 Å². The molecule has 0 aliphatic carbocycles. The van der Waals surface area contributed by atoms with Gasteiger partial charge in [-0.2, -0.15) is 0 Å². The summed E-state index contributed by atoms with van der Waals surface area (Å²) in [6.45, 7) is 3.54. The van der Waals surface area contributed by atoms with E-state index in [1.165, 1.54) is 19.1 Å². The second-order valence-electron chi connectivity index (χ2n) is 9.44. The molecule has 2 fully saturated rings. The number of ether oxygens (including phenoxy) is 1. The van der Waals surface area contributed by atoms with Crippen LogP contribution in [0.15, 0.2) is 48.5 Å². The van der Waals surface area contributed by atoms with Crippen LogP contribution < -0.4 is 10.6 Å². The van der Waals surface area contributed by atoms with Gasteiger partial charge in [0.25, 0.3) is 0 Å². The zero-order valence-corrected chi connectivity index (χ0v) is 20.0. The van der Waals surface area contributed by atoms with E-state index >= 15 is 0 Å². The lowest BCUT2D eigenvalue weighted by Gasteiger charge is -2.38. The lowest BCUT2D eigenvalue weighted by atomic mass is 9.89. The number of nitrogens with zero attached hydrogens (tertiary/aromatic N) is 1. The van der Waals surface area contributed by atoms with E-state index in [-0.39, 0.29) is 30.2 Å². The van der Waals surface area contributed by atoms with Crippen LogP contribution in [0.2, 0.25) is 0 Å². The topological polar surface area (TPSA) is 87.7 Å². The first kappa shape index (κ1) is 24.9. The van der Waals surface area contributed by atoms with Crippen LogP contribution in [0.25, 0.3) is 0 Å². The summed E-state index contributed by atoms with van der Waals surface area (Å²) >= 11 is 0. The van der Waals surface area contributed by atoms with E-state index in [2.05, 4.69) is 10.6 Å². The van der Waals surface area contributed by atoms with E-state index in [4.69, 9.17) is 4.74 Å². The Labute approximate surface area is 205 Å². The second kappa shape index (κ2) is 11.4. The summed E-state index contributed by atoms with van der Waals surface area (Å²) in [7, 11) is 0. The molecule has 3 atom stereocenters. The average molecular weight is 482 g/mol. The molecular formula is C27H32FN3O4. The number of hydrogen-bond acceptors (Lipinski definition) is 4. The number of likely N-dealkylation sites (tertiary alicyclic amines) is 1. The number of amides is 3. The summed E-state index contributed by atoms with van der Waals surface area (Å²) in [6, 6.07) is 12.5. The molecule has 2 aliphatic rings. The van der Waals surface area contributed by atoms with Crippen LogP contribution in [0, 0.1) is 17.7 Å². The third-order valence-electron chi connectivity index (χ3n) is 6.79. The van der Waals surface area contributed by atoms with Crippen molar-refractivity contribution in [1.29, 1.82) is 0 Å². The predicted molar refractivity (Wildman–Crippen MR) is 131 cm³/mol. The zero-order valence-electron chi connectivity index (χ0n) is 20.0. The third-order valence-corrected chi connectivity index (χ3v) is 6.79. The number of piperidine rings is 1. The number of halogens is 1. The number of benzene rings is 2. The van der Waals surface area contributed by atoms with Crippen molar-refractivity contribution in [2.24, 2.45) is 11.8 Å². The molecular weight excluding hydrogens is 449 g/mol. The van der Waals surface area contributed by atoms with E-state index in [0.717, 1.165) is 24.8 Å². The summed E-state index contributed by atoms with van der Waals surface area (Å²) < 4.78 is 18.8. The summed E-state index contributed by atoms with van der Waals surface area (Å²) in [5, 5.41) is 5.71. The first-order chi connectivity index (χ1) is 16.9. The molecule has 0 aromatic heterocycles. The van der Waals surface area contributed by atoms with E-state index in [1.54, 1.807) is 36.4 Å². The number of ketones is 1. The second-order valence-corrected chi connectivity index (χ2v) is 9.44. The Hall–Kier alpha value is -3.26. The molecule has 2 heterocycles. The van der Waals surface area contributed by atoms with Gasteiger partial charge in [-0.3, -0.25) is 9.59 Å². The number of carbonyl (C=O) groups is 3. The number of Topliss-reactive ketones (excluding diaryl/α,β-unsaturated/α-hetero) is 1. The lowest BCUT2D eigenvalue weighted by molar-refractivity contribution is -0.142. The molecule has 0 saturated carbocycles.